The van der Waals surface area contributed by atoms with Crippen LogP contribution in [-0.4, -0.2) is 60.2 Å². The van der Waals surface area contributed by atoms with E-state index in [1.54, 1.807) is 0 Å². The molecule has 2 aliphatic rings. The Bertz CT molecular complexity index is 551. The molecule has 3 rings (SSSR count). The first-order valence-corrected chi connectivity index (χ1v) is 7.89. The minimum atomic E-state index is -0.474. The zero-order valence-electron chi connectivity index (χ0n) is 12.3. The average molecular weight is 327 g/mol. The van der Waals surface area contributed by atoms with Crippen molar-refractivity contribution >= 4 is 23.1 Å². The highest BCUT2D eigenvalue weighted by Crippen LogP contribution is 2.32. The topological polar surface area (TPSA) is 71.7 Å². The Hall–Kier alpha value is -1.44. The van der Waals surface area contributed by atoms with Gasteiger partial charge < -0.3 is 9.64 Å². The lowest BCUT2D eigenvalue weighted by molar-refractivity contribution is -0.385. The molecular formula is C14H19ClN4O3. The van der Waals surface area contributed by atoms with Crippen LogP contribution in [0.5, 0.6) is 0 Å². The number of pyridine rings is 1. The number of aromatic nitrogens is 1. The molecule has 0 spiro atoms. The molecule has 0 N–H and O–H groups in total. The van der Waals surface area contributed by atoms with Crippen LogP contribution in [0.15, 0.2) is 12.3 Å². The van der Waals surface area contributed by atoms with Crippen molar-refractivity contribution in [1.29, 1.82) is 0 Å². The van der Waals surface area contributed by atoms with E-state index in [4.69, 9.17) is 16.3 Å². The van der Waals surface area contributed by atoms with Gasteiger partial charge in [-0.1, -0.05) is 11.6 Å². The van der Waals surface area contributed by atoms with Crippen molar-refractivity contribution in [3.05, 3.63) is 27.4 Å². The third-order valence-corrected chi connectivity index (χ3v) is 4.52. The van der Waals surface area contributed by atoms with E-state index in [2.05, 4.69) is 14.8 Å². The molecule has 1 unspecified atom stereocenters. The van der Waals surface area contributed by atoms with Crippen LogP contribution >= 0.6 is 11.6 Å². The molecule has 22 heavy (non-hydrogen) atoms. The van der Waals surface area contributed by atoms with Gasteiger partial charge in [-0.15, -0.1) is 0 Å². The van der Waals surface area contributed by atoms with Crippen LogP contribution in [0.3, 0.4) is 0 Å². The Kier molecular flexibility index (Phi) is 4.75. The molecule has 2 saturated heterocycles. The van der Waals surface area contributed by atoms with Gasteiger partial charge in [-0.05, 0) is 12.8 Å². The number of morpholine rings is 1. The lowest BCUT2D eigenvalue weighted by Crippen LogP contribution is -2.45. The third kappa shape index (κ3) is 3.31. The second kappa shape index (κ2) is 6.76. The summed E-state index contributed by atoms with van der Waals surface area (Å²) >= 11 is 6.22. The summed E-state index contributed by atoms with van der Waals surface area (Å²) in [6.45, 7) is 5.31. The van der Waals surface area contributed by atoms with E-state index in [1.165, 1.54) is 12.3 Å². The molecule has 2 fully saturated rings. The minimum Gasteiger partial charge on any atom is -0.379 e. The van der Waals surface area contributed by atoms with Gasteiger partial charge in [-0.25, -0.2) is 4.98 Å². The molecule has 7 nitrogen and oxygen atoms in total. The zero-order chi connectivity index (χ0) is 15.5. The summed E-state index contributed by atoms with van der Waals surface area (Å²) in [5.41, 5.74) is -0.0716. The van der Waals surface area contributed by atoms with Crippen LogP contribution in [0, 0.1) is 10.1 Å². The summed E-state index contributed by atoms with van der Waals surface area (Å²) in [5.74, 6) is 0.656. The number of nitro groups is 1. The van der Waals surface area contributed by atoms with Crippen molar-refractivity contribution in [1.82, 2.24) is 9.88 Å². The highest BCUT2D eigenvalue weighted by molar-refractivity contribution is 6.33. The Balaban J connectivity index is 1.73. The van der Waals surface area contributed by atoms with Gasteiger partial charge in [-0.2, -0.15) is 0 Å². The third-order valence-electron chi connectivity index (χ3n) is 4.24. The van der Waals surface area contributed by atoms with E-state index in [9.17, 15) is 10.1 Å². The van der Waals surface area contributed by atoms with Gasteiger partial charge >= 0.3 is 0 Å². The molecule has 120 valence electrons. The summed E-state index contributed by atoms with van der Waals surface area (Å²) in [5, 5.41) is 11.1. The molecule has 2 aliphatic heterocycles. The SMILES string of the molecule is O=[N+]([O-])c1cnc(N2CCCC2CN2CCOCC2)c(Cl)c1. The number of halogens is 1. The quantitative estimate of drug-likeness (QED) is 0.622. The Labute approximate surface area is 134 Å². The first kappa shape index (κ1) is 15.5. The number of ether oxygens (including phenoxy) is 1. The van der Waals surface area contributed by atoms with Gasteiger partial charge in [0.05, 0.1) is 23.2 Å². The standard InChI is InChI=1S/C14H19ClN4O3/c15-13-8-12(19(20)21)9-16-14(13)18-3-1-2-11(18)10-17-4-6-22-7-5-17/h8-9,11H,1-7,10H2. The Morgan fingerprint density at radius 1 is 1.41 bits per heavy atom. The van der Waals surface area contributed by atoms with E-state index >= 15 is 0 Å². The van der Waals surface area contributed by atoms with E-state index in [1.807, 2.05) is 0 Å². The summed E-state index contributed by atoms with van der Waals surface area (Å²) in [7, 11) is 0. The molecule has 0 radical (unpaired) electrons. The number of hydrogen-bond donors (Lipinski definition) is 0. The van der Waals surface area contributed by atoms with Crippen LogP contribution in [0.25, 0.3) is 0 Å². The van der Waals surface area contributed by atoms with Crippen LogP contribution in [0.4, 0.5) is 11.5 Å². The molecule has 1 aromatic rings. The zero-order valence-corrected chi connectivity index (χ0v) is 13.0. The van der Waals surface area contributed by atoms with Gasteiger partial charge in [0.25, 0.3) is 5.69 Å². The highest BCUT2D eigenvalue weighted by atomic mass is 35.5. The minimum absolute atomic E-state index is 0.0716. The van der Waals surface area contributed by atoms with Gasteiger partial charge in [0.2, 0.25) is 0 Å². The molecule has 0 amide bonds. The van der Waals surface area contributed by atoms with Crippen molar-refractivity contribution < 1.29 is 9.66 Å². The number of nitrogens with zero attached hydrogens (tertiary/aromatic N) is 4. The summed E-state index contributed by atoms with van der Waals surface area (Å²) in [6.07, 6.45) is 3.46. The highest BCUT2D eigenvalue weighted by Gasteiger charge is 2.30. The van der Waals surface area contributed by atoms with Gasteiger partial charge in [-0.3, -0.25) is 15.0 Å². The van der Waals surface area contributed by atoms with E-state index in [0.717, 1.165) is 52.2 Å². The molecule has 1 aromatic heterocycles. The molecule has 0 saturated carbocycles. The second-order valence-corrected chi connectivity index (χ2v) is 6.07. The van der Waals surface area contributed by atoms with Crippen molar-refractivity contribution in [3.8, 4) is 0 Å². The molecular weight excluding hydrogens is 308 g/mol. The fraction of sp³-hybridized carbons (Fsp3) is 0.643. The van der Waals surface area contributed by atoms with E-state index in [0.29, 0.717) is 16.9 Å². The maximum atomic E-state index is 10.8. The van der Waals surface area contributed by atoms with Crippen molar-refractivity contribution in [3.63, 3.8) is 0 Å². The average Bonchev–Trinajstić information content (AvgIpc) is 2.96. The van der Waals surface area contributed by atoms with Crippen molar-refractivity contribution in [2.24, 2.45) is 0 Å². The maximum absolute atomic E-state index is 10.8. The van der Waals surface area contributed by atoms with E-state index < -0.39 is 4.92 Å². The Morgan fingerprint density at radius 2 is 2.18 bits per heavy atom. The largest absolute Gasteiger partial charge is 0.379 e. The fourth-order valence-electron chi connectivity index (χ4n) is 3.12. The summed E-state index contributed by atoms with van der Waals surface area (Å²) < 4.78 is 5.38. The molecule has 8 heteroatoms. The smallest absolute Gasteiger partial charge is 0.289 e. The van der Waals surface area contributed by atoms with Gasteiger partial charge in [0.15, 0.2) is 0 Å². The predicted octanol–water partition coefficient (Wildman–Crippen LogP) is 1.94. The number of hydrogen-bond acceptors (Lipinski definition) is 6. The lowest BCUT2D eigenvalue weighted by atomic mass is 10.2. The fourth-order valence-corrected chi connectivity index (χ4v) is 3.39. The van der Waals surface area contributed by atoms with Crippen LogP contribution in [0.1, 0.15) is 12.8 Å². The first-order chi connectivity index (χ1) is 10.6. The normalized spacial score (nSPS) is 23.0. The molecule has 0 aliphatic carbocycles. The number of anilines is 1. The monoisotopic (exact) mass is 326 g/mol. The lowest BCUT2D eigenvalue weighted by Gasteiger charge is -2.33. The van der Waals surface area contributed by atoms with Gasteiger partial charge in [0.1, 0.15) is 12.0 Å². The molecule has 0 bridgehead atoms. The van der Waals surface area contributed by atoms with Crippen LogP contribution < -0.4 is 4.90 Å². The predicted molar refractivity (Wildman–Crippen MR) is 83.5 cm³/mol. The molecule has 1 atom stereocenters. The van der Waals surface area contributed by atoms with Crippen molar-refractivity contribution in [2.45, 2.75) is 18.9 Å². The van der Waals surface area contributed by atoms with Crippen molar-refractivity contribution in [2.75, 3.05) is 44.3 Å². The number of rotatable bonds is 4. The summed E-state index contributed by atoms with van der Waals surface area (Å²) in [4.78, 5) is 19.1. The maximum Gasteiger partial charge on any atom is 0.289 e. The second-order valence-electron chi connectivity index (χ2n) is 5.66. The molecule has 0 aromatic carbocycles. The first-order valence-electron chi connectivity index (χ1n) is 7.52. The Morgan fingerprint density at radius 3 is 2.86 bits per heavy atom. The summed E-state index contributed by atoms with van der Waals surface area (Å²) in [6, 6.07) is 1.73. The van der Waals surface area contributed by atoms with Crippen LogP contribution in [0.2, 0.25) is 5.02 Å². The molecule has 3 heterocycles. The van der Waals surface area contributed by atoms with E-state index in [-0.39, 0.29) is 5.69 Å². The van der Waals surface area contributed by atoms with Crippen LogP contribution in [-0.2, 0) is 4.74 Å². The van der Waals surface area contributed by atoms with Gasteiger partial charge in [0, 0.05) is 38.3 Å².